The second kappa shape index (κ2) is 6.49. The minimum atomic E-state index is 0.433. The van der Waals surface area contributed by atoms with Crippen LogP contribution < -0.4 is 5.32 Å². The molecule has 1 aliphatic heterocycles. The van der Waals surface area contributed by atoms with Gasteiger partial charge in [0.25, 0.3) is 0 Å². The summed E-state index contributed by atoms with van der Waals surface area (Å²) >= 11 is 0. The summed E-state index contributed by atoms with van der Waals surface area (Å²) in [5.41, 5.74) is 1.79. The molecule has 0 bridgehead atoms. The first-order valence-electron chi connectivity index (χ1n) is 8.69. The van der Waals surface area contributed by atoms with Gasteiger partial charge in [-0.25, -0.2) is 0 Å². The van der Waals surface area contributed by atoms with E-state index < -0.39 is 0 Å². The minimum Gasteiger partial charge on any atom is -0.311 e. The summed E-state index contributed by atoms with van der Waals surface area (Å²) in [6, 6.07) is 2.83. The van der Waals surface area contributed by atoms with E-state index in [4.69, 9.17) is 0 Å². The average molecular weight is 290 g/mol. The van der Waals surface area contributed by atoms with Gasteiger partial charge in [-0.2, -0.15) is 5.10 Å². The number of aromatic nitrogens is 2. The maximum atomic E-state index is 4.30. The molecule has 0 aromatic carbocycles. The summed E-state index contributed by atoms with van der Waals surface area (Å²) in [6.07, 6.45) is 11.3. The molecule has 2 fully saturated rings. The summed E-state index contributed by atoms with van der Waals surface area (Å²) in [5, 5.41) is 8.11. The third-order valence-corrected chi connectivity index (χ3v) is 5.67. The SMILES string of the molecule is CCC1CN(CCc2ccnn2C)C2(CCCCC2)CN1. The second-order valence-electron chi connectivity index (χ2n) is 6.91. The molecule has 21 heavy (non-hydrogen) atoms. The first-order chi connectivity index (χ1) is 10.2. The zero-order valence-corrected chi connectivity index (χ0v) is 13.6. The standard InChI is InChI=1S/C17H30N4/c1-3-15-13-21(12-8-16-7-11-19-20(16)2)17(14-18-15)9-5-4-6-10-17/h7,11,15,18H,3-6,8-10,12-14H2,1-2H3. The topological polar surface area (TPSA) is 33.1 Å². The van der Waals surface area contributed by atoms with Gasteiger partial charge in [0.05, 0.1) is 0 Å². The normalized spacial score (nSPS) is 26.3. The molecule has 1 spiro atoms. The van der Waals surface area contributed by atoms with Gasteiger partial charge in [-0.15, -0.1) is 0 Å². The number of hydrogen-bond acceptors (Lipinski definition) is 3. The molecule has 1 unspecified atom stereocenters. The highest BCUT2D eigenvalue weighted by Crippen LogP contribution is 2.35. The van der Waals surface area contributed by atoms with Gasteiger partial charge in [-0.05, 0) is 25.3 Å². The Hall–Kier alpha value is -0.870. The van der Waals surface area contributed by atoms with Crippen molar-refractivity contribution < 1.29 is 0 Å². The van der Waals surface area contributed by atoms with Gasteiger partial charge in [0, 0.05) is 56.6 Å². The van der Waals surface area contributed by atoms with Crippen molar-refractivity contribution in [2.24, 2.45) is 7.05 Å². The molecular formula is C17H30N4. The zero-order valence-electron chi connectivity index (χ0n) is 13.6. The molecule has 1 atom stereocenters. The van der Waals surface area contributed by atoms with Crippen LogP contribution in [0.4, 0.5) is 0 Å². The molecule has 1 saturated carbocycles. The number of nitrogens with zero attached hydrogens (tertiary/aromatic N) is 3. The van der Waals surface area contributed by atoms with Gasteiger partial charge < -0.3 is 5.32 Å². The van der Waals surface area contributed by atoms with Crippen molar-refractivity contribution >= 4 is 0 Å². The number of aryl methyl sites for hydroxylation is 1. The number of hydrogen-bond donors (Lipinski definition) is 1. The van der Waals surface area contributed by atoms with E-state index in [0.717, 1.165) is 6.42 Å². The lowest BCUT2D eigenvalue weighted by Gasteiger charge is -2.52. The lowest BCUT2D eigenvalue weighted by Crippen LogP contribution is -2.65. The lowest BCUT2D eigenvalue weighted by molar-refractivity contribution is 0.00988. The summed E-state index contributed by atoms with van der Waals surface area (Å²) < 4.78 is 2.02. The quantitative estimate of drug-likeness (QED) is 0.924. The third-order valence-electron chi connectivity index (χ3n) is 5.67. The van der Waals surface area contributed by atoms with Gasteiger partial charge >= 0.3 is 0 Å². The van der Waals surface area contributed by atoms with Gasteiger partial charge in [-0.1, -0.05) is 26.2 Å². The molecule has 4 heteroatoms. The van der Waals surface area contributed by atoms with Crippen molar-refractivity contribution in [1.82, 2.24) is 20.0 Å². The highest BCUT2D eigenvalue weighted by atomic mass is 15.3. The second-order valence-corrected chi connectivity index (χ2v) is 6.91. The highest BCUT2D eigenvalue weighted by Gasteiger charge is 2.41. The van der Waals surface area contributed by atoms with E-state index >= 15 is 0 Å². The molecule has 4 nitrogen and oxygen atoms in total. The van der Waals surface area contributed by atoms with Crippen LogP contribution in [0.3, 0.4) is 0 Å². The number of piperazine rings is 1. The van der Waals surface area contributed by atoms with Gasteiger partial charge in [0.15, 0.2) is 0 Å². The molecule has 1 aromatic heterocycles. The molecule has 2 aliphatic rings. The van der Waals surface area contributed by atoms with Crippen molar-refractivity contribution in [1.29, 1.82) is 0 Å². The fourth-order valence-electron chi connectivity index (χ4n) is 4.17. The highest BCUT2D eigenvalue weighted by molar-refractivity contribution is 5.04. The summed E-state index contributed by atoms with van der Waals surface area (Å²) in [4.78, 5) is 2.81. The van der Waals surface area contributed by atoms with Crippen LogP contribution in [0.15, 0.2) is 12.3 Å². The monoisotopic (exact) mass is 290 g/mol. The van der Waals surface area contributed by atoms with E-state index in [2.05, 4.69) is 35.4 Å². The van der Waals surface area contributed by atoms with Gasteiger partial charge in [0.2, 0.25) is 0 Å². The Labute approximate surface area is 128 Å². The fourth-order valence-corrected chi connectivity index (χ4v) is 4.17. The Kier molecular flexibility index (Phi) is 4.65. The Morgan fingerprint density at radius 3 is 2.81 bits per heavy atom. The van der Waals surface area contributed by atoms with Crippen LogP contribution in [-0.2, 0) is 13.5 Å². The first kappa shape index (κ1) is 15.0. The smallest absolute Gasteiger partial charge is 0.0492 e. The molecule has 0 amide bonds. The van der Waals surface area contributed by atoms with E-state index in [1.54, 1.807) is 0 Å². The number of rotatable bonds is 4. The van der Waals surface area contributed by atoms with Crippen molar-refractivity contribution in [2.45, 2.75) is 63.5 Å². The minimum absolute atomic E-state index is 0.433. The Morgan fingerprint density at radius 1 is 1.33 bits per heavy atom. The molecule has 0 radical (unpaired) electrons. The Bertz CT molecular complexity index is 447. The zero-order chi connectivity index (χ0) is 14.7. The van der Waals surface area contributed by atoms with Crippen LogP contribution in [0.1, 0.15) is 51.1 Å². The van der Waals surface area contributed by atoms with Crippen LogP contribution in [0.5, 0.6) is 0 Å². The third kappa shape index (κ3) is 3.16. The van der Waals surface area contributed by atoms with Crippen molar-refractivity contribution in [3.05, 3.63) is 18.0 Å². The Morgan fingerprint density at radius 2 is 2.14 bits per heavy atom. The van der Waals surface area contributed by atoms with Crippen molar-refractivity contribution in [3.8, 4) is 0 Å². The predicted octanol–water partition coefficient (Wildman–Crippen LogP) is 2.35. The molecular weight excluding hydrogens is 260 g/mol. The summed E-state index contributed by atoms with van der Waals surface area (Å²) in [5.74, 6) is 0. The van der Waals surface area contributed by atoms with Crippen LogP contribution in [0, 0.1) is 0 Å². The predicted molar refractivity (Wildman–Crippen MR) is 86.4 cm³/mol. The molecule has 118 valence electrons. The van der Waals surface area contributed by atoms with Gasteiger partial charge in [0.1, 0.15) is 0 Å². The maximum absolute atomic E-state index is 4.30. The maximum Gasteiger partial charge on any atom is 0.0492 e. The van der Waals surface area contributed by atoms with Crippen LogP contribution in [-0.4, -0.2) is 45.9 Å². The largest absolute Gasteiger partial charge is 0.311 e. The van der Waals surface area contributed by atoms with Crippen LogP contribution >= 0.6 is 0 Å². The Balaban J connectivity index is 1.69. The molecule has 1 saturated heterocycles. The fraction of sp³-hybridized carbons (Fsp3) is 0.824. The lowest BCUT2D eigenvalue weighted by atomic mass is 9.78. The average Bonchev–Trinajstić information content (AvgIpc) is 2.93. The summed E-state index contributed by atoms with van der Waals surface area (Å²) in [7, 11) is 2.05. The molecule has 3 rings (SSSR count). The van der Waals surface area contributed by atoms with E-state index in [0.29, 0.717) is 11.6 Å². The first-order valence-corrected chi connectivity index (χ1v) is 8.69. The van der Waals surface area contributed by atoms with E-state index in [-0.39, 0.29) is 0 Å². The van der Waals surface area contributed by atoms with E-state index in [1.807, 2.05) is 10.9 Å². The van der Waals surface area contributed by atoms with E-state index in [1.165, 1.54) is 63.9 Å². The van der Waals surface area contributed by atoms with Crippen LogP contribution in [0.25, 0.3) is 0 Å². The van der Waals surface area contributed by atoms with Crippen molar-refractivity contribution in [2.75, 3.05) is 19.6 Å². The molecule has 1 aromatic rings. The van der Waals surface area contributed by atoms with E-state index in [9.17, 15) is 0 Å². The summed E-state index contributed by atoms with van der Waals surface area (Å²) in [6.45, 7) is 5.89. The molecule has 1 N–H and O–H groups in total. The molecule has 2 heterocycles. The van der Waals surface area contributed by atoms with Crippen molar-refractivity contribution in [3.63, 3.8) is 0 Å². The van der Waals surface area contributed by atoms with Gasteiger partial charge in [-0.3, -0.25) is 9.58 Å². The van der Waals surface area contributed by atoms with Crippen LogP contribution in [0.2, 0.25) is 0 Å². The number of nitrogens with one attached hydrogen (secondary N) is 1. The molecule has 1 aliphatic carbocycles.